The average Bonchev–Trinajstić information content (AvgIpc) is 2.23. The van der Waals surface area contributed by atoms with Crippen LogP contribution >= 0.6 is 0 Å². The largest absolute Gasteiger partial charge is 0.349 e. The number of rotatable bonds is 1. The van der Waals surface area contributed by atoms with Crippen molar-refractivity contribution in [2.45, 2.75) is 32.7 Å². The van der Waals surface area contributed by atoms with E-state index in [0.717, 1.165) is 12.8 Å². The highest BCUT2D eigenvalue weighted by Crippen LogP contribution is 2.33. The van der Waals surface area contributed by atoms with E-state index in [-0.39, 0.29) is 17.4 Å². The molecule has 1 aromatic carbocycles. The van der Waals surface area contributed by atoms with Crippen LogP contribution < -0.4 is 5.32 Å². The summed E-state index contributed by atoms with van der Waals surface area (Å²) in [5, 5.41) is 3.08. The maximum Gasteiger partial charge on any atom is 0.226 e. The monoisotopic (exact) mass is 203 g/mol. The van der Waals surface area contributed by atoms with Crippen molar-refractivity contribution in [3.05, 3.63) is 35.9 Å². The summed E-state index contributed by atoms with van der Waals surface area (Å²) in [6.07, 6.45) is 1.99. The molecule has 1 saturated heterocycles. The Labute approximate surface area is 90.7 Å². The number of carbonyl (C=O) groups is 1. The van der Waals surface area contributed by atoms with Gasteiger partial charge in [-0.2, -0.15) is 0 Å². The van der Waals surface area contributed by atoms with Crippen molar-refractivity contribution >= 4 is 5.91 Å². The molecule has 15 heavy (non-hydrogen) atoms. The smallest absolute Gasteiger partial charge is 0.226 e. The fraction of sp³-hybridized carbons (Fsp3) is 0.462. The zero-order chi connectivity index (χ0) is 10.9. The number of hydrogen-bond donors (Lipinski definition) is 1. The molecule has 0 saturated carbocycles. The Morgan fingerprint density at radius 3 is 2.53 bits per heavy atom. The zero-order valence-electron chi connectivity index (χ0n) is 9.29. The first-order valence-corrected chi connectivity index (χ1v) is 5.45. The van der Waals surface area contributed by atoms with Gasteiger partial charge in [-0.05, 0) is 18.4 Å². The summed E-state index contributed by atoms with van der Waals surface area (Å²) < 4.78 is 0. The highest BCUT2D eigenvalue weighted by Gasteiger charge is 2.34. The highest BCUT2D eigenvalue weighted by atomic mass is 16.2. The number of hydrogen-bond acceptors (Lipinski definition) is 1. The van der Waals surface area contributed by atoms with Crippen LogP contribution in [0.15, 0.2) is 30.3 Å². The summed E-state index contributed by atoms with van der Waals surface area (Å²) in [5.74, 6) is 0.169. The molecule has 0 radical (unpaired) electrons. The van der Waals surface area contributed by atoms with Gasteiger partial charge >= 0.3 is 0 Å². The van der Waals surface area contributed by atoms with Crippen LogP contribution in [-0.4, -0.2) is 5.91 Å². The van der Waals surface area contributed by atoms with E-state index in [1.807, 2.05) is 32.0 Å². The Bertz CT molecular complexity index is 356. The average molecular weight is 203 g/mol. The number of piperidine rings is 1. The maximum absolute atomic E-state index is 11.8. The summed E-state index contributed by atoms with van der Waals surface area (Å²) in [6, 6.07) is 10.4. The zero-order valence-corrected chi connectivity index (χ0v) is 9.29. The van der Waals surface area contributed by atoms with E-state index in [0.29, 0.717) is 0 Å². The van der Waals surface area contributed by atoms with E-state index in [1.54, 1.807) is 0 Å². The second-order valence-corrected chi connectivity index (χ2v) is 4.86. The Kier molecular flexibility index (Phi) is 2.51. The van der Waals surface area contributed by atoms with Gasteiger partial charge < -0.3 is 5.32 Å². The van der Waals surface area contributed by atoms with Gasteiger partial charge in [0.15, 0.2) is 0 Å². The first-order valence-electron chi connectivity index (χ1n) is 5.45. The van der Waals surface area contributed by atoms with Gasteiger partial charge in [-0.15, -0.1) is 0 Å². The predicted octanol–water partition coefficient (Wildman–Crippen LogP) is 2.66. The third kappa shape index (κ3) is 2.04. The summed E-state index contributed by atoms with van der Waals surface area (Å²) in [4.78, 5) is 11.8. The molecule has 1 fully saturated rings. The van der Waals surface area contributed by atoms with Crippen LogP contribution in [0.1, 0.15) is 38.3 Å². The molecule has 2 nitrogen and oxygen atoms in total. The van der Waals surface area contributed by atoms with Crippen molar-refractivity contribution in [1.82, 2.24) is 5.32 Å². The number of nitrogens with one attached hydrogen (secondary N) is 1. The van der Waals surface area contributed by atoms with Crippen LogP contribution in [0.5, 0.6) is 0 Å². The van der Waals surface area contributed by atoms with Gasteiger partial charge in [0.1, 0.15) is 0 Å². The lowest BCUT2D eigenvalue weighted by Crippen LogP contribution is -2.44. The van der Waals surface area contributed by atoms with E-state index in [9.17, 15) is 4.79 Å². The van der Waals surface area contributed by atoms with Crippen molar-refractivity contribution in [2.24, 2.45) is 5.41 Å². The lowest BCUT2D eigenvalue weighted by Gasteiger charge is -2.34. The Morgan fingerprint density at radius 2 is 1.93 bits per heavy atom. The van der Waals surface area contributed by atoms with E-state index in [4.69, 9.17) is 0 Å². The van der Waals surface area contributed by atoms with Crippen molar-refractivity contribution in [3.8, 4) is 0 Å². The van der Waals surface area contributed by atoms with Gasteiger partial charge in [0.25, 0.3) is 0 Å². The Balaban J connectivity index is 2.13. The summed E-state index contributed by atoms with van der Waals surface area (Å²) in [5.41, 5.74) is 1.01. The van der Waals surface area contributed by atoms with Crippen LogP contribution in [0, 0.1) is 5.41 Å². The first kappa shape index (κ1) is 10.2. The highest BCUT2D eigenvalue weighted by molar-refractivity contribution is 5.83. The van der Waals surface area contributed by atoms with Gasteiger partial charge in [-0.25, -0.2) is 0 Å². The Hall–Kier alpha value is -1.31. The van der Waals surface area contributed by atoms with Crippen molar-refractivity contribution < 1.29 is 4.79 Å². The molecular weight excluding hydrogens is 186 g/mol. The third-order valence-corrected chi connectivity index (χ3v) is 3.18. The van der Waals surface area contributed by atoms with Crippen molar-refractivity contribution in [3.63, 3.8) is 0 Å². The number of benzene rings is 1. The van der Waals surface area contributed by atoms with Gasteiger partial charge in [-0.1, -0.05) is 44.2 Å². The molecule has 0 aromatic heterocycles. The summed E-state index contributed by atoms with van der Waals surface area (Å²) in [6.45, 7) is 4.01. The fourth-order valence-electron chi connectivity index (χ4n) is 1.98. The Morgan fingerprint density at radius 1 is 1.27 bits per heavy atom. The SMILES string of the molecule is CC1(C)CC[C@@H](c2ccccc2)NC1=O. The van der Waals surface area contributed by atoms with E-state index in [2.05, 4.69) is 17.4 Å². The molecule has 0 spiro atoms. The molecular formula is C13H17NO. The predicted molar refractivity (Wildman–Crippen MR) is 60.3 cm³/mol. The molecule has 80 valence electrons. The van der Waals surface area contributed by atoms with Crippen LogP contribution in [0.4, 0.5) is 0 Å². The number of amides is 1. The molecule has 0 unspecified atom stereocenters. The number of carbonyl (C=O) groups excluding carboxylic acids is 1. The van der Waals surface area contributed by atoms with E-state index >= 15 is 0 Å². The minimum atomic E-state index is -0.203. The maximum atomic E-state index is 11.8. The summed E-state index contributed by atoms with van der Waals surface area (Å²) in [7, 11) is 0. The molecule has 1 aliphatic rings. The molecule has 1 aromatic rings. The van der Waals surface area contributed by atoms with Crippen molar-refractivity contribution in [1.29, 1.82) is 0 Å². The normalized spacial score (nSPS) is 24.7. The minimum absolute atomic E-state index is 0.169. The molecule has 1 amide bonds. The fourth-order valence-corrected chi connectivity index (χ4v) is 1.98. The molecule has 2 rings (SSSR count). The van der Waals surface area contributed by atoms with Gasteiger partial charge in [0.05, 0.1) is 6.04 Å². The third-order valence-electron chi connectivity index (χ3n) is 3.18. The second-order valence-electron chi connectivity index (χ2n) is 4.86. The van der Waals surface area contributed by atoms with Crippen LogP contribution in [0.3, 0.4) is 0 Å². The molecule has 1 aliphatic heterocycles. The molecule has 1 atom stereocenters. The molecule has 1 heterocycles. The van der Waals surface area contributed by atoms with Crippen LogP contribution in [-0.2, 0) is 4.79 Å². The lowest BCUT2D eigenvalue weighted by molar-refractivity contribution is -0.133. The van der Waals surface area contributed by atoms with Gasteiger partial charge in [0.2, 0.25) is 5.91 Å². The van der Waals surface area contributed by atoms with Crippen LogP contribution in [0.2, 0.25) is 0 Å². The topological polar surface area (TPSA) is 29.1 Å². The van der Waals surface area contributed by atoms with Gasteiger partial charge in [-0.3, -0.25) is 4.79 Å². The van der Waals surface area contributed by atoms with Gasteiger partial charge in [0, 0.05) is 5.41 Å². The first-order chi connectivity index (χ1) is 7.09. The van der Waals surface area contributed by atoms with E-state index in [1.165, 1.54) is 5.56 Å². The summed E-state index contributed by atoms with van der Waals surface area (Å²) >= 11 is 0. The standard InChI is InChI=1S/C13H17NO/c1-13(2)9-8-11(14-12(13)15)10-6-4-3-5-7-10/h3-7,11H,8-9H2,1-2H3,(H,14,15)/t11-/m0/s1. The minimum Gasteiger partial charge on any atom is -0.349 e. The molecule has 0 aliphatic carbocycles. The van der Waals surface area contributed by atoms with Crippen LogP contribution in [0.25, 0.3) is 0 Å². The van der Waals surface area contributed by atoms with Crippen molar-refractivity contribution in [2.75, 3.05) is 0 Å². The molecule has 2 heteroatoms. The molecule has 0 bridgehead atoms. The molecule has 1 N–H and O–H groups in total. The lowest BCUT2D eigenvalue weighted by atomic mass is 9.80. The quantitative estimate of drug-likeness (QED) is 0.747. The van der Waals surface area contributed by atoms with E-state index < -0.39 is 0 Å². The second kappa shape index (κ2) is 3.69.